The van der Waals surface area contributed by atoms with Crippen LogP contribution >= 0.6 is 23.4 Å². The van der Waals surface area contributed by atoms with Crippen LogP contribution in [-0.2, 0) is 14.8 Å². The molecule has 0 radical (unpaired) electrons. The third kappa shape index (κ3) is 6.43. The van der Waals surface area contributed by atoms with Crippen LogP contribution in [0.25, 0.3) is 0 Å². The number of thioether (sulfide) groups is 1. The third-order valence-corrected chi connectivity index (χ3v) is 6.84. The Hall–Kier alpha value is -2.62. The monoisotopic (exact) mass is 476 g/mol. The quantitative estimate of drug-likeness (QED) is 0.480. The van der Waals surface area contributed by atoms with Crippen LogP contribution in [0.1, 0.15) is 18.3 Å². The fourth-order valence-corrected chi connectivity index (χ4v) is 4.62. The molecule has 0 saturated heterocycles. The van der Waals surface area contributed by atoms with E-state index in [9.17, 15) is 13.2 Å². The van der Waals surface area contributed by atoms with Crippen molar-refractivity contribution in [1.82, 2.24) is 9.97 Å². The van der Waals surface area contributed by atoms with Gasteiger partial charge >= 0.3 is 0 Å². The SMILES string of the molecule is Cc1cc(C)nc(NS(=O)(=O)c2ccc(NC(=O)[C@H](C)Sc3ccc(Cl)cc3)cc2)n1. The summed E-state index contributed by atoms with van der Waals surface area (Å²) in [6, 6.07) is 14.9. The van der Waals surface area contributed by atoms with Gasteiger partial charge in [0.2, 0.25) is 11.9 Å². The van der Waals surface area contributed by atoms with Crippen LogP contribution in [0.5, 0.6) is 0 Å². The predicted octanol–water partition coefficient (Wildman–Crippen LogP) is 4.67. The molecule has 1 atom stereocenters. The van der Waals surface area contributed by atoms with Crippen molar-refractivity contribution in [2.45, 2.75) is 35.8 Å². The topological polar surface area (TPSA) is 101 Å². The maximum Gasteiger partial charge on any atom is 0.264 e. The van der Waals surface area contributed by atoms with Crippen LogP contribution in [-0.4, -0.2) is 29.5 Å². The number of benzene rings is 2. The number of carbonyl (C=O) groups is 1. The molecule has 162 valence electrons. The molecule has 0 bridgehead atoms. The van der Waals surface area contributed by atoms with E-state index in [4.69, 9.17) is 11.6 Å². The zero-order valence-corrected chi connectivity index (χ0v) is 19.5. The molecule has 1 heterocycles. The highest BCUT2D eigenvalue weighted by molar-refractivity contribution is 8.00. The number of carbonyl (C=O) groups excluding carboxylic acids is 1. The summed E-state index contributed by atoms with van der Waals surface area (Å²) in [5, 5.41) is 3.07. The third-order valence-electron chi connectivity index (χ3n) is 4.14. The van der Waals surface area contributed by atoms with Crippen molar-refractivity contribution in [3.63, 3.8) is 0 Å². The number of rotatable bonds is 7. The smallest absolute Gasteiger partial charge is 0.264 e. The minimum Gasteiger partial charge on any atom is -0.325 e. The Kier molecular flexibility index (Phi) is 7.19. The molecule has 3 aromatic rings. The van der Waals surface area contributed by atoms with Crippen molar-refractivity contribution in [2.24, 2.45) is 0 Å². The Morgan fingerprint density at radius 1 is 1.00 bits per heavy atom. The first-order valence-electron chi connectivity index (χ1n) is 9.31. The molecule has 1 aromatic heterocycles. The fraction of sp³-hybridized carbons (Fsp3) is 0.190. The van der Waals surface area contributed by atoms with Crippen LogP contribution < -0.4 is 10.0 Å². The molecule has 1 amide bonds. The van der Waals surface area contributed by atoms with Gasteiger partial charge in [-0.1, -0.05) is 11.6 Å². The second-order valence-electron chi connectivity index (χ2n) is 6.81. The number of halogens is 1. The van der Waals surface area contributed by atoms with Gasteiger partial charge in [-0.05, 0) is 75.4 Å². The molecular formula is C21H21ClN4O3S2. The Bertz CT molecular complexity index is 1160. The molecule has 0 spiro atoms. The van der Waals surface area contributed by atoms with Crippen molar-refractivity contribution in [3.8, 4) is 0 Å². The molecule has 0 unspecified atom stereocenters. The first-order chi connectivity index (χ1) is 14.6. The van der Waals surface area contributed by atoms with E-state index < -0.39 is 10.0 Å². The van der Waals surface area contributed by atoms with Crippen LogP contribution in [0.2, 0.25) is 5.02 Å². The second kappa shape index (κ2) is 9.67. The van der Waals surface area contributed by atoms with Crippen molar-refractivity contribution >= 4 is 50.9 Å². The minimum absolute atomic E-state index is 0.0166. The molecular weight excluding hydrogens is 456 g/mol. The van der Waals surface area contributed by atoms with Gasteiger partial charge < -0.3 is 5.32 Å². The van der Waals surface area contributed by atoms with Gasteiger partial charge in [-0.15, -0.1) is 11.8 Å². The van der Waals surface area contributed by atoms with E-state index in [1.807, 2.05) is 12.1 Å². The highest BCUT2D eigenvalue weighted by Gasteiger charge is 2.18. The standard InChI is InChI=1S/C21H21ClN4O3S2/c1-13-12-14(2)24-21(23-13)26-31(28,29)19-10-6-17(7-11-19)25-20(27)15(3)30-18-8-4-16(22)5-9-18/h4-12,15H,1-3H3,(H,25,27)(H,23,24,26)/t15-/m0/s1. The normalized spacial score (nSPS) is 12.3. The maximum atomic E-state index is 12.6. The number of hydrogen-bond donors (Lipinski definition) is 2. The summed E-state index contributed by atoms with van der Waals surface area (Å²) >= 11 is 7.28. The van der Waals surface area contributed by atoms with Crippen LogP contribution in [0.15, 0.2) is 64.4 Å². The largest absolute Gasteiger partial charge is 0.325 e. The van der Waals surface area contributed by atoms with E-state index in [0.717, 1.165) is 4.90 Å². The number of aryl methyl sites for hydroxylation is 2. The molecule has 0 aliphatic heterocycles. The Morgan fingerprint density at radius 3 is 2.16 bits per heavy atom. The number of anilines is 2. The first kappa shape index (κ1) is 23.1. The molecule has 2 N–H and O–H groups in total. The molecule has 31 heavy (non-hydrogen) atoms. The lowest BCUT2D eigenvalue weighted by molar-refractivity contribution is -0.115. The van der Waals surface area contributed by atoms with Gasteiger partial charge in [-0.2, -0.15) is 0 Å². The van der Waals surface area contributed by atoms with E-state index >= 15 is 0 Å². The summed E-state index contributed by atoms with van der Waals surface area (Å²) in [6.45, 7) is 5.31. The molecule has 7 nitrogen and oxygen atoms in total. The van der Waals surface area contributed by atoms with E-state index in [-0.39, 0.29) is 22.0 Å². The van der Waals surface area contributed by atoms with Gasteiger partial charge in [0.05, 0.1) is 10.1 Å². The summed E-state index contributed by atoms with van der Waals surface area (Å²) in [5.41, 5.74) is 1.82. The summed E-state index contributed by atoms with van der Waals surface area (Å²) < 4.78 is 27.6. The predicted molar refractivity (Wildman–Crippen MR) is 124 cm³/mol. The van der Waals surface area contributed by atoms with Gasteiger partial charge in [0.1, 0.15) is 0 Å². The molecule has 0 aliphatic carbocycles. The van der Waals surface area contributed by atoms with Crippen molar-refractivity contribution in [2.75, 3.05) is 10.0 Å². The van der Waals surface area contributed by atoms with Crippen molar-refractivity contribution in [1.29, 1.82) is 0 Å². The van der Waals surface area contributed by atoms with E-state index in [0.29, 0.717) is 22.1 Å². The van der Waals surface area contributed by atoms with Crippen molar-refractivity contribution in [3.05, 3.63) is 71.0 Å². The van der Waals surface area contributed by atoms with Gasteiger partial charge in [0.15, 0.2) is 0 Å². The van der Waals surface area contributed by atoms with Gasteiger partial charge in [0.25, 0.3) is 10.0 Å². The molecule has 0 aliphatic rings. The molecule has 10 heteroatoms. The average Bonchev–Trinajstić information content (AvgIpc) is 2.69. The fourth-order valence-electron chi connectivity index (χ4n) is 2.68. The number of aromatic nitrogens is 2. The van der Waals surface area contributed by atoms with Crippen molar-refractivity contribution < 1.29 is 13.2 Å². The Morgan fingerprint density at radius 2 is 1.58 bits per heavy atom. The zero-order valence-electron chi connectivity index (χ0n) is 17.1. The number of nitrogens with one attached hydrogen (secondary N) is 2. The summed E-state index contributed by atoms with van der Waals surface area (Å²) in [6.07, 6.45) is 0. The maximum absolute atomic E-state index is 12.6. The summed E-state index contributed by atoms with van der Waals surface area (Å²) in [5.74, 6) is -0.180. The minimum atomic E-state index is -3.86. The van der Waals surface area contributed by atoms with Crippen LogP contribution in [0, 0.1) is 13.8 Å². The van der Waals surface area contributed by atoms with E-state index in [1.54, 1.807) is 39.0 Å². The summed E-state index contributed by atoms with van der Waals surface area (Å²) in [7, 11) is -3.86. The zero-order chi connectivity index (χ0) is 22.6. The van der Waals surface area contributed by atoms with Gasteiger partial charge in [0, 0.05) is 27.0 Å². The molecule has 0 saturated carbocycles. The van der Waals surface area contributed by atoms with E-state index in [1.165, 1.54) is 36.0 Å². The van der Waals surface area contributed by atoms with Gasteiger partial charge in [-0.3, -0.25) is 4.79 Å². The number of hydrogen-bond acceptors (Lipinski definition) is 6. The average molecular weight is 477 g/mol. The number of sulfonamides is 1. The highest BCUT2D eigenvalue weighted by Crippen LogP contribution is 2.26. The number of nitrogens with zero attached hydrogens (tertiary/aromatic N) is 2. The molecule has 3 rings (SSSR count). The first-order valence-corrected chi connectivity index (χ1v) is 12.0. The lowest BCUT2D eigenvalue weighted by Gasteiger charge is -2.13. The van der Waals surface area contributed by atoms with Gasteiger partial charge in [-0.25, -0.2) is 23.1 Å². The second-order valence-corrected chi connectivity index (χ2v) is 10.3. The molecule has 2 aromatic carbocycles. The Labute approximate surface area is 190 Å². The number of amides is 1. The lowest BCUT2D eigenvalue weighted by atomic mass is 10.3. The van der Waals surface area contributed by atoms with Crippen LogP contribution in [0.4, 0.5) is 11.6 Å². The van der Waals surface area contributed by atoms with Crippen LogP contribution in [0.3, 0.4) is 0 Å². The molecule has 0 fully saturated rings. The summed E-state index contributed by atoms with van der Waals surface area (Å²) in [4.78, 5) is 21.6. The van der Waals surface area contributed by atoms with E-state index in [2.05, 4.69) is 20.0 Å². The Balaban J connectivity index is 1.64. The highest BCUT2D eigenvalue weighted by atomic mass is 35.5. The lowest BCUT2D eigenvalue weighted by Crippen LogP contribution is -2.22.